The number of likely N-dealkylation sites (N-methyl/N-ethyl adjacent to an activating group) is 1. The Hall–Kier alpha value is -3.01. The zero-order chi connectivity index (χ0) is 28.2. The summed E-state index contributed by atoms with van der Waals surface area (Å²) in [6.45, 7) is 10.4. The minimum absolute atomic E-state index is 0.718. The number of hydrogen-bond acceptors (Lipinski definition) is 9. The van der Waals surface area contributed by atoms with Gasteiger partial charge in [-0.25, -0.2) is 9.29 Å². The van der Waals surface area contributed by atoms with Crippen molar-refractivity contribution in [3.05, 3.63) is 58.8 Å². The number of piperazine rings is 1. The molecule has 0 radical (unpaired) electrons. The largest absolute Gasteiger partial charge is 0.371 e. The van der Waals surface area contributed by atoms with Crippen molar-refractivity contribution in [1.29, 1.82) is 0 Å². The maximum absolute atomic E-state index is 5.19. The molecule has 5 heterocycles. The molecule has 5 aliphatic rings. The van der Waals surface area contributed by atoms with Gasteiger partial charge in [-0.05, 0) is 87.4 Å². The molecule has 2 fully saturated rings. The van der Waals surface area contributed by atoms with Crippen molar-refractivity contribution in [3.8, 4) is 0 Å². The standard InChI is InChI=1S/C33H42N8S/c1-3-23-22-26(38-15-13-25(14-16-38)39-20-18-37(2)19-21-39)10-11-28(23)34-33-35-29-8-5-7-27(29)32(36-33)41-30-9-4-6-24-12-17-40(42-41)31(24)30/h4,6,9-11,22,25H,3,5,7-8,12-21H2,1-2H3,(H,34,35,36). The van der Waals surface area contributed by atoms with Gasteiger partial charge in [0.25, 0.3) is 0 Å². The fourth-order valence-electron chi connectivity index (χ4n) is 7.57. The zero-order valence-electron chi connectivity index (χ0n) is 25.0. The lowest BCUT2D eigenvalue weighted by molar-refractivity contribution is 0.0982. The Morgan fingerprint density at radius 1 is 0.929 bits per heavy atom. The summed E-state index contributed by atoms with van der Waals surface area (Å²) in [5.41, 5.74) is 10.4. The van der Waals surface area contributed by atoms with E-state index < -0.39 is 0 Å². The van der Waals surface area contributed by atoms with Crippen LogP contribution in [0.1, 0.15) is 48.6 Å². The Balaban J connectivity index is 1.01. The maximum atomic E-state index is 5.19. The van der Waals surface area contributed by atoms with Crippen LogP contribution in [0.25, 0.3) is 0 Å². The first-order chi connectivity index (χ1) is 20.6. The molecule has 0 saturated carbocycles. The van der Waals surface area contributed by atoms with Gasteiger partial charge in [0.1, 0.15) is 0 Å². The van der Waals surface area contributed by atoms with Gasteiger partial charge in [0.15, 0.2) is 5.82 Å². The number of hydrogen-bond donors (Lipinski definition) is 1. The van der Waals surface area contributed by atoms with Crippen molar-refractivity contribution in [1.82, 2.24) is 19.8 Å². The highest BCUT2D eigenvalue weighted by molar-refractivity contribution is 8.02. The molecule has 4 aliphatic heterocycles. The van der Waals surface area contributed by atoms with E-state index in [1.165, 1.54) is 78.5 Å². The molecule has 0 bridgehead atoms. The average molecular weight is 583 g/mol. The van der Waals surface area contributed by atoms with Crippen LogP contribution in [0.5, 0.6) is 0 Å². The molecule has 42 heavy (non-hydrogen) atoms. The van der Waals surface area contributed by atoms with Crippen LogP contribution in [-0.2, 0) is 25.7 Å². The van der Waals surface area contributed by atoms with E-state index in [4.69, 9.17) is 9.97 Å². The molecule has 1 aromatic heterocycles. The number of anilines is 6. The highest BCUT2D eigenvalue weighted by Gasteiger charge is 2.37. The molecular weight excluding hydrogens is 540 g/mol. The van der Waals surface area contributed by atoms with E-state index in [9.17, 15) is 0 Å². The molecule has 1 N–H and O–H groups in total. The molecule has 0 atom stereocenters. The van der Waals surface area contributed by atoms with Crippen molar-refractivity contribution in [2.45, 2.75) is 57.9 Å². The van der Waals surface area contributed by atoms with Crippen molar-refractivity contribution in [2.75, 3.05) is 71.7 Å². The second kappa shape index (κ2) is 10.9. The minimum Gasteiger partial charge on any atom is -0.371 e. The predicted molar refractivity (Wildman–Crippen MR) is 175 cm³/mol. The molecule has 2 saturated heterocycles. The number of fused-ring (bicyclic) bond motifs is 1. The number of para-hydroxylation sites is 1. The third-order valence-corrected chi connectivity index (χ3v) is 11.1. The Labute approximate surface area is 254 Å². The van der Waals surface area contributed by atoms with Crippen LogP contribution in [0.15, 0.2) is 36.4 Å². The molecule has 1 aliphatic carbocycles. The first kappa shape index (κ1) is 26.6. The number of nitrogens with one attached hydrogen (secondary N) is 1. The Kier molecular flexibility index (Phi) is 6.92. The van der Waals surface area contributed by atoms with E-state index in [0.29, 0.717) is 0 Å². The first-order valence-corrected chi connectivity index (χ1v) is 16.7. The predicted octanol–water partition coefficient (Wildman–Crippen LogP) is 5.56. The molecule has 220 valence electrons. The van der Waals surface area contributed by atoms with Gasteiger partial charge in [-0.15, -0.1) is 0 Å². The molecule has 9 heteroatoms. The van der Waals surface area contributed by atoms with Gasteiger partial charge in [-0.3, -0.25) is 9.21 Å². The molecule has 0 spiro atoms. The molecular formula is C33H42N8S. The van der Waals surface area contributed by atoms with Crippen LogP contribution >= 0.6 is 12.1 Å². The lowest BCUT2D eigenvalue weighted by Gasteiger charge is -2.42. The van der Waals surface area contributed by atoms with E-state index in [-0.39, 0.29) is 0 Å². The zero-order valence-corrected chi connectivity index (χ0v) is 25.8. The van der Waals surface area contributed by atoms with Crippen LogP contribution in [0.4, 0.5) is 34.5 Å². The van der Waals surface area contributed by atoms with Crippen LogP contribution < -0.4 is 18.8 Å². The quantitative estimate of drug-likeness (QED) is 0.376. The summed E-state index contributed by atoms with van der Waals surface area (Å²) < 4.78 is 4.79. The highest BCUT2D eigenvalue weighted by Crippen LogP contribution is 2.54. The fraction of sp³-hybridized carbons (Fsp3) is 0.515. The number of nitrogens with zero attached hydrogens (tertiary/aromatic N) is 7. The Bertz CT molecular complexity index is 1480. The van der Waals surface area contributed by atoms with E-state index in [1.54, 1.807) is 12.1 Å². The van der Waals surface area contributed by atoms with E-state index in [1.807, 2.05) is 0 Å². The fourth-order valence-corrected chi connectivity index (χ4v) is 8.69. The van der Waals surface area contributed by atoms with Crippen molar-refractivity contribution >= 4 is 46.6 Å². The molecule has 0 amide bonds. The monoisotopic (exact) mass is 582 g/mol. The molecule has 0 unspecified atom stereocenters. The van der Waals surface area contributed by atoms with Crippen LogP contribution in [0.2, 0.25) is 0 Å². The second-order valence-electron chi connectivity index (χ2n) is 12.5. The summed E-state index contributed by atoms with van der Waals surface area (Å²) in [5.74, 6) is 1.78. The summed E-state index contributed by atoms with van der Waals surface area (Å²) in [7, 11) is 2.24. The number of benzene rings is 2. The summed E-state index contributed by atoms with van der Waals surface area (Å²) in [6, 6.07) is 14.4. The maximum Gasteiger partial charge on any atom is 0.229 e. The van der Waals surface area contributed by atoms with Crippen molar-refractivity contribution in [2.24, 2.45) is 0 Å². The van der Waals surface area contributed by atoms with Crippen LogP contribution in [-0.4, -0.2) is 78.7 Å². The van der Waals surface area contributed by atoms with Gasteiger partial charge in [-0.2, -0.15) is 4.98 Å². The van der Waals surface area contributed by atoms with Crippen LogP contribution in [0.3, 0.4) is 0 Å². The third-order valence-electron chi connectivity index (χ3n) is 10.0. The van der Waals surface area contributed by atoms with Gasteiger partial charge in [-0.1, -0.05) is 19.1 Å². The molecule has 8 nitrogen and oxygen atoms in total. The van der Waals surface area contributed by atoms with E-state index in [0.717, 1.165) is 75.2 Å². The van der Waals surface area contributed by atoms with Gasteiger partial charge in [0.05, 0.1) is 29.2 Å². The summed E-state index contributed by atoms with van der Waals surface area (Å²) in [6.07, 6.45) is 7.84. The Morgan fingerprint density at radius 2 is 1.79 bits per heavy atom. The van der Waals surface area contributed by atoms with Gasteiger partial charge in [0.2, 0.25) is 5.95 Å². The highest BCUT2D eigenvalue weighted by atomic mass is 32.2. The minimum atomic E-state index is 0.718. The number of rotatable bonds is 6. The SMILES string of the molecule is CCc1cc(N2CCC(N3CCN(C)CC3)CC2)ccc1Nc1nc2c(c(N3SN4CCc5cccc3c54)n1)CCC2. The van der Waals surface area contributed by atoms with E-state index >= 15 is 0 Å². The van der Waals surface area contributed by atoms with E-state index in [2.05, 4.69) is 79.0 Å². The molecule has 3 aromatic rings. The van der Waals surface area contributed by atoms with Gasteiger partial charge >= 0.3 is 0 Å². The topological polar surface area (TPSA) is 54.0 Å². The number of aromatic nitrogens is 2. The first-order valence-electron chi connectivity index (χ1n) is 16.0. The molecule has 2 aromatic carbocycles. The number of aryl methyl sites for hydroxylation is 2. The molecule has 8 rings (SSSR count). The number of piperidine rings is 1. The summed E-state index contributed by atoms with van der Waals surface area (Å²) in [5, 5.41) is 3.66. The summed E-state index contributed by atoms with van der Waals surface area (Å²) >= 11 is 1.80. The van der Waals surface area contributed by atoms with Gasteiger partial charge < -0.3 is 15.1 Å². The summed E-state index contributed by atoms with van der Waals surface area (Å²) in [4.78, 5) is 18.0. The average Bonchev–Trinajstić information content (AvgIpc) is 3.77. The normalized spacial score (nSPS) is 20.9. The lowest BCUT2D eigenvalue weighted by atomic mass is 10.0. The van der Waals surface area contributed by atoms with Crippen LogP contribution in [0, 0.1) is 0 Å². The second-order valence-corrected chi connectivity index (χ2v) is 13.5. The Morgan fingerprint density at radius 3 is 2.62 bits per heavy atom. The van der Waals surface area contributed by atoms with Gasteiger partial charge in [0, 0.05) is 68.8 Å². The van der Waals surface area contributed by atoms with Crippen molar-refractivity contribution in [3.63, 3.8) is 0 Å². The third kappa shape index (κ3) is 4.70. The smallest absolute Gasteiger partial charge is 0.229 e. The van der Waals surface area contributed by atoms with Crippen molar-refractivity contribution < 1.29 is 0 Å². The lowest BCUT2D eigenvalue weighted by Crippen LogP contribution is -2.52.